The first-order valence-corrected chi connectivity index (χ1v) is 3.11. The van der Waals surface area contributed by atoms with Crippen molar-refractivity contribution in [1.82, 2.24) is 5.24 Å². The fourth-order valence-corrected chi connectivity index (χ4v) is 0.395. The zero-order chi connectivity index (χ0) is 7.44. The van der Waals surface area contributed by atoms with Gasteiger partial charge in [0.05, 0.1) is 7.11 Å². The van der Waals surface area contributed by atoms with Crippen LogP contribution in [0.15, 0.2) is 0 Å². The van der Waals surface area contributed by atoms with Crippen LogP contribution in [-0.4, -0.2) is 12.6 Å². The van der Waals surface area contributed by atoms with Gasteiger partial charge in [-0.05, 0) is 4.57 Å². The predicted molar refractivity (Wildman–Crippen MR) is 28.4 cm³/mol. The molecule has 5 heteroatoms. The summed E-state index contributed by atoms with van der Waals surface area (Å²) in [6.07, 6.45) is 0. The van der Waals surface area contributed by atoms with E-state index in [0.717, 1.165) is 6.92 Å². The van der Waals surface area contributed by atoms with Crippen molar-refractivity contribution in [2.75, 3.05) is 7.11 Å². The van der Waals surface area contributed by atoms with Crippen LogP contribution in [-0.2, 0) is 14.2 Å². The highest BCUT2D eigenvalue weighted by atomic mass is 31.1. The Morgan fingerprint density at radius 2 is 2.50 bits per heavy atom. The molecule has 0 aromatic rings. The van der Waals surface area contributed by atoms with Gasteiger partial charge in [-0.1, -0.05) is 0 Å². The van der Waals surface area contributed by atoms with Crippen molar-refractivity contribution in [2.24, 2.45) is 0 Å². The molecule has 1 atom stereocenters. The van der Waals surface area contributed by atoms with Gasteiger partial charge in [0.1, 0.15) is 0 Å². The average molecular weight is 137 g/mol. The summed E-state index contributed by atoms with van der Waals surface area (Å²) in [7, 11) is -1.14. The number of nitrogens with one attached hydrogen (secondary N) is 1. The molecular formula is C3H7NO3P+. The Morgan fingerprint density at radius 1 is 2.00 bits per heavy atom. The summed E-state index contributed by atoms with van der Waals surface area (Å²) in [5, 5.41) is 0.275. The lowest BCUT2D eigenvalue weighted by molar-refractivity contribution is -0.110. The minimum Gasteiger partial charge on any atom is -0.264 e. The fraction of sp³-hybridized carbons (Fsp3) is 0.667. The molecule has 0 aliphatic rings. The van der Waals surface area contributed by atoms with E-state index in [9.17, 15) is 9.36 Å². The van der Waals surface area contributed by atoms with Gasteiger partial charge in [-0.25, -0.2) is 4.79 Å². The molecule has 0 bridgehead atoms. The third-order valence-electron chi connectivity index (χ3n) is 0.425. The lowest BCUT2D eigenvalue weighted by atomic mass is 10.9. The van der Waals surface area contributed by atoms with E-state index in [1.807, 2.05) is 0 Å². The molecule has 0 saturated heterocycles. The molecule has 0 aromatic carbocycles. The molecular weight excluding hydrogens is 129 g/mol. The Hall–Kier alpha value is -0.310. The molecule has 4 nitrogen and oxygen atoms in total. The van der Waals surface area contributed by atoms with Crippen molar-refractivity contribution in [2.45, 2.75) is 6.92 Å². The van der Waals surface area contributed by atoms with Gasteiger partial charge >= 0.3 is 13.5 Å². The first kappa shape index (κ1) is 5.82. The summed E-state index contributed by atoms with van der Waals surface area (Å²) >= 11 is 0. The van der Waals surface area contributed by atoms with E-state index in [4.69, 9.17) is 1.41 Å². The molecule has 0 aliphatic heterocycles. The van der Waals surface area contributed by atoms with Crippen molar-refractivity contribution in [3.05, 3.63) is 0 Å². The second-order valence-electron chi connectivity index (χ2n) is 1.06. The van der Waals surface area contributed by atoms with Crippen molar-refractivity contribution in [3.8, 4) is 0 Å². The molecule has 8 heavy (non-hydrogen) atoms. The molecule has 0 amide bonds. The van der Waals surface area contributed by atoms with Gasteiger partial charge in [-0.15, -0.1) is 0 Å². The van der Waals surface area contributed by atoms with Crippen LogP contribution >= 0.6 is 7.95 Å². The van der Waals surface area contributed by atoms with Gasteiger partial charge in [0, 0.05) is 12.2 Å². The number of rotatable bonds is 3. The first-order chi connectivity index (χ1) is 4.09. The van der Waals surface area contributed by atoms with Crippen molar-refractivity contribution in [1.29, 1.82) is 0 Å². The molecule has 1 unspecified atom stereocenters. The van der Waals surface area contributed by atoms with E-state index in [1.165, 1.54) is 7.11 Å². The molecule has 46 valence electrons. The minimum atomic E-state index is -2.31. The van der Waals surface area contributed by atoms with Gasteiger partial charge in [0.2, 0.25) is 1.41 Å². The molecule has 0 saturated carbocycles. The van der Waals surface area contributed by atoms with Crippen LogP contribution < -0.4 is 5.24 Å². The summed E-state index contributed by atoms with van der Waals surface area (Å²) in [4.78, 5) is 14.4. The van der Waals surface area contributed by atoms with E-state index < -0.39 is 13.5 Å². The second kappa shape index (κ2) is 3.66. The fourth-order valence-electron chi connectivity index (χ4n) is 0.132. The van der Waals surface area contributed by atoms with E-state index in [0.29, 0.717) is 0 Å². The zero-order valence-corrected chi connectivity index (χ0v) is 5.51. The van der Waals surface area contributed by atoms with Gasteiger partial charge < -0.3 is 0 Å². The lowest BCUT2D eigenvalue weighted by Gasteiger charge is -1.78. The smallest absolute Gasteiger partial charge is 0.264 e. The van der Waals surface area contributed by atoms with Gasteiger partial charge in [0.15, 0.2) is 0 Å². The van der Waals surface area contributed by atoms with E-state index >= 15 is 0 Å². The topological polar surface area (TPSA) is 55.4 Å². The molecule has 0 heterocycles. The maximum absolute atomic E-state index is 10.5. The SMILES string of the molecule is [2H]N(OC)[P+](=O)C(C)=O. The Balaban J connectivity index is 3.88. The second-order valence-corrected chi connectivity index (χ2v) is 2.40. The van der Waals surface area contributed by atoms with E-state index in [2.05, 4.69) is 4.84 Å². The molecule has 0 aliphatic carbocycles. The van der Waals surface area contributed by atoms with Crippen LogP contribution in [0.5, 0.6) is 0 Å². The largest absolute Gasteiger partial charge is 0.535 e. The Bertz CT molecular complexity index is 139. The summed E-state index contributed by atoms with van der Waals surface area (Å²) in [6.45, 7) is 1.14. The first-order valence-electron chi connectivity index (χ1n) is 2.35. The number of carbonyl (C=O) groups excluding carboxylic acids is 1. The third-order valence-corrected chi connectivity index (χ3v) is 1.28. The standard InChI is InChI=1S/C3H7NO3P/c1-3(5)8(6)4-7-2/h1-2H3,(H,4,6)/q+1/i/hD. The lowest BCUT2D eigenvalue weighted by Crippen LogP contribution is -2.03. The highest BCUT2D eigenvalue weighted by Crippen LogP contribution is 2.13. The van der Waals surface area contributed by atoms with Crippen molar-refractivity contribution >= 4 is 13.5 Å². The Labute approximate surface area is 49.5 Å². The Kier molecular flexibility index (Phi) is 2.66. The monoisotopic (exact) mass is 137 g/mol. The molecule has 0 rings (SSSR count). The van der Waals surface area contributed by atoms with Crippen LogP contribution in [0.2, 0.25) is 1.41 Å². The number of hydrogen-bond donors (Lipinski definition) is 1. The molecule has 0 aromatic heterocycles. The van der Waals surface area contributed by atoms with Crippen LogP contribution in [0.3, 0.4) is 0 Å². The van der Waals surface area contributed by atoms with Gasteiger partial charge in [-0.2, -0.15) is 0 Å². The van der Waals surface area contributed by atoms with Crippen LogP contribution in [0.1, 0.15) is 6.92 Å². The maximum Gasteiger partial charge on any atom is 0.535 e. The van der Waals surface area contributed by atoms with Crippen LogP contribution in [0, 0.1) is 0 Å². The highest BCUT2D eigenvalue weighted by molar-refractivity contribution is 7.61. The zero-order valence-electron chi connectivity index (χ0n) is 5.62. The summed E-state index contributed by atoms with van der Waals surface area (Å²) < 4.78 is 17.1. The molecule has 1 N–H and O–H groups in total. The third kappa shape index (κ3) is 2.80. The van der Waals surface area contributed by atoms with E-state index in [-0.39, 0.29) is 5.24 Å². The molecule has 0 fully saturated rings. The van der Waals surface area contributed by atoms with E-state index in [1.54, 1.807) is 0 Å². The maximum atomic E-state index is 10.5. The average Bonchev–Trinajstić information content (AvgIpc) is 1.84. The number of hydrogen-bond acceptors (Lipinski definition) is 3. The number of carbonyl (C=O) groups is 1. The van der Waals surface area contributed by atoms with Gasteiger partial charge in [0.25, 0.3) is 0 Å². The molecule has 0 radical (unpaired) electrons. The van der Waals surface area contributed by atoms with Gasteiger partial charge in [-0.3, -0.25) is 4.84 Å². The summed E-state index contributed by atoms with van der Waals surface area (Å²) in [5.41, 5.74) is -0.568. The normalized spacial score (nSPS) is 13.4. The quantitative estimate of drug-likeness (QED) is 0.452. The van der Waals surface area contributed by atoms with Crippen LogP contribution in [0.25, 0.3) is 0 Å². The summed E-state index contributed by atoms with van der Waals surface area (Å²) in [5.74, 6) is 0. The predicted octanol–water partition coefficient (Wildman–Crippen LogP) is 0.426. The van der Waals surface area contributed by atoms with Crippen molar-refractivity contribution < 1.29 is 15.6 Å². The van der Waals surface area contributed by atoms with Crippen molar-refractivity contribution in [3.63, 3.8) is 0 Å². The summed E-state index contributed by atoms with van der Waals surface area (Å²) in [6, 6.07) is 0. The Morgan fingerprint density at radius 3 is 2.62 bits per heavy atom. The van der Waals surface area contributed by atoms with Crippen LogP contribution in [0.4, 0.5) is 0 Å². The minimum absolute atomic E-state index is 0.275. The molecule has 0 spiro atoms. The highest BCUT2D eigenvalue weighted by Gasteiger charge is 2.21.